The molecule has 13 heteroatoms. The van der Waals surface area contributed by atoms with E-state index in [-0.39, 0.29) is 28.2 Å². The van der Waals surface area contributed by atoms with Gasteiger partial charge in [-0.15, -0.1) is 0 Å². The number of nitrogens with zero attached hydrogens (tertiary/aromatic N) is 6. The molecule has 4 aromatic rings. The zero-order valence-electron chi connectivity index (χ0n) is 20.7. The lowest BCUT2D eigenvalue weighted by atomic mass is 10.2. The number of anilines is 3. The molecule has 0 spiro atoms. The van der Waals surface area contributed by atoms with Crippen LogP contribution in [0.5, 0.6) is 5.75 Å². The number of amides is 1. The number of nitrogens with one attached hydrogen (secondary N) is 1. The van der Waals surface area contributed by atoms with Gasteiger partial charge in [-0.25, -0.2) is 23.7 Å². The molecule has 0 bridgehead atoms. The third-order valence-electron chi connectivity index (χ3n) is 6.29. The van der Waals surface area contributed by atoms with Crippen LogP contribution in [0.25, 0.3) is 17.0 Å². The molecular formula is C25H25ClF2N8O2. The van der Waals surface area contributed by atoms with Gasteiger partial charge in [-0.2, -0.15) is 0 Å². The minimum absolute atomic E-state index is 0.0504. The highest BCUT2D eigenvalue weighted by atomic mass is 35.5. The zero-order chi connectivity index (χ0) is 27.0. The Morgan fingerprint density at radius 3 is 2.63 bits per heavy atom. The van der Waals surface area contributed by atoms with Crippen molar-refractivity contribution in [1.29, 1.82) is 0 Å². The van der Waals surface area contributed by atoms with E-state index in [9.17, 15) is 13.6 Å². The lowest BCUT2D eigenvalue weighted by molar-refractivity contribution is -0.132. The average Bonchev–Trinajstić information content (AvgIpc) is 3.33. The van der Waals surface area contributed by atoms with Gasteiger partial charge < -0.3 is 25.6 Å². The molecule has 1 aliphatic rings. The van der Waals surface area contributed by atoms with Crippen LogP contribution in [0.2, 0.25) is 5.02 Å². The van der Waals surface area contributed by atoms with E-state index < -0.39 is 17.7 Å². The summed E-state index contributed by atoms with van der Waals surface area (Å²) in [5.74, 6) is -0.861. The Bertz CT molecular complexity index is 1500. The summed E-state index contributed by atoms with van der Waals surface area (Å²) in [7, 11) is 1.55. The number of piperazine rings is 1. The SMILES string of the molecule is COc1cc(N2CCN(C(=O)[C@@H](C)N)CC2)ccc1Nc1ncc(Cl)c(-c2cnc3c(F)cc(F)cn23)n1. The molecule has 198 valence electrons. The van der Waals surface area contributed by atoms with Crippen molar-refractivity contribution in [3.8, 4) is 17.1 Å². The second-order valence-electron chi connectivity index (χ2n) is 8.84. The zero-order valence-corrected chi connectivity index (χ0v) is 21.4. The number of imidazole rings is 1. The summed E-state index contributed by atoms with van der Waals surface area (Å²) < 4.78 is 34.9. The Morgan fingerprint density at radius 2 is 1.92 bits per heavy atom. The first kappa shape index (κ1) is 25.6. The number of hydrogen-bond acceptors (Lipinski definition) is 8. The molecule has 3 N–H and O–H groups in total. The molecular weight excluding hydrogens is 518 g/mol. The van der Waals surface area contributed by atoms with Gasteiger partial charge in [0, 0.05) is 50.2 Å². The molecule has 5 rings (SSSR count). The average molecular weight is 543 g/mol. The summed E-state index contributed by atoms with van der Waals surface area (Å²) in [6, 6.07) is 5.90. The van der Waals surface area contributed by atoms with Crippen LogP contribution in [0.1, 0.15) is 6.92 Å². The lowest BCUT2D eigenvalue weighted by Gasteiger charge is -2.37. The van der Waals surface area contributed by atoms with Gasteiger partial charge in [0.05, 0.1) is 41.9 Å². The molecule has 10 nitrogen and oxygen atoms in total. The molecule has 0 unspecified atom stereocenters. The summed E-state index contributed by atoms with van der Waals surface area (Å²) in [6.07, 6.45) is 3.87. The molecule has 3 aromatic heterocycles. The van der Waals surface area contributed by atoms with E-state index in [0.29, 0.717) is 43.3 Å². The highest BCUT2D eigenvalue weighted by Gasteiger charge is 2.24. The Kier molecular flexibility index (Phi) is 7.00. The number of benzene rings is 1. The van der Waals surface area contributed by atoms with E-state index in [1.807, 2.05) is 18.2 Å². The maximum absolute atomic E-state index is 14.1. The van der Waals surface area contributed by atoms with Gasteiger partial charge in [0.25, 0.3) is 0 Å². The maximum atomic E-state index is 14.1. The number of nitrogens with two attached hydrogens (primary N) is 1. The molecule has 1 fully saturated rings. The predicted octanol–water partition coefficient (Wildman–Crippen LogP) is 3.47. The fourth-order valence-corrected chi connectivity index (χ4v) is 4.56. The highest BCUT2D eigenvalue weighted by molar-refractivity contribution is 6.32. The number of fused-ring (bicyclic) bond motifs is 1. The van der Waals surface area contributed by atoms with Gasteiger partial charge >= 0.3 is 0 Å². The molecule has 4 heterocycles. The summed E-state index contributed by atoms with van der Waals surface area (Å²) in [6.45, 7) is 4.19. The fraction of sp³-hybridized carbons (Fsp3) is 0.280. The first-order valence-electron chi connectivity index (χ1n) is 11.8. The number of hydrogen-bond donors (Lipinski definition) is 2. The molecule has 1 aromatic carbocycles. The monoisotopic (exact) mass is 542 g/mol. The van der Waals surface area contributed by atoms with Gasteiger partial charge in [0.15, 0.2) is 11.5 Å². The van der Waals surface area contributed by atoms with Crippen molar-refractivity contribution in [2.45, 2.75) is 13.0 Å². The topological polar surface area (TPSA) is 114 Å². The van der Waals surface area contributed by atoms with Gasteiger partial charge in [0.1, 0.15) is 17.3 Å². The summed E-state index contributed by atoms with van der Waals surface area (Å²) in [5, 5.41) is 3.31. The van der Waals surface area contributed by atoms with E-state index in [4.69, 9.17) is 22.1 Å². The number of halogens is 3. The molecule has 1 aliphatic heterocycles. The largest absolute Gasteiger partial charge is 0.494 e. The van der Waals surface area contributed by atoms with Crippen molar-refractivity contribution in [3.63, 3.8) is 0 Å². The van der Waals surface area contributed by atoms with Crippen molar-refractivity contribution in [2.75, 3.05) is 43.5 Å². The second-order valence-corrected chi connectivity index (χ2v) is 9.25. The third kappa shape index (κ3) is 4.92. The second kappa shape index (κ2) is 10.4. The van der Waals surface area contributed by atoms with Gasteiger partial charge in [-0.3, -0.25) is 9.20 Å². The summed E-state index contributed by atoms with van der Waals surface area (Å²) in [4.78, 5) is 28.8. The standard InChI is InChI=1S/C25H25ClF2N8O2/c1-14(29)24(37)35-7-5-34(6-8-35)16-3-4-19(21(10-16)38-2)32-25-31-11-17(26)22(33-25)20-12-30-23-18(28)9-15(27)13-36(20)23/h3-4,9-14H,5-8,29H2,1-2H3,(H,31,32,33)/t14-/m1/s1. The predicted molar refractivity (Wildman–Crippen MR) is 140 cm³/mol. The third-order valence-corrected chi connectivity index (χ3v) is 6.57. The molecule has 0 aliphatic carbocycles. The van der Waals surface area contributed by atoms with Gasteiger partial charge in [0.2, 0.25) is 11.9 Å². The van der Waals surface area contributed by atoms with Crippen LogP contribution in [0, 0.1) is 11.6 Å². The number of carbonyl (C=O) groups is 1. The van der Waals surface area contributed by atoms with Crippen LogP contribution in [0.4, 0.5) is 26.1 Å². The maximum Gasteiger partial charge on any atom is 0.239 e. The van der Waals surface area contributed by atoms with Crippen molar-refractivity contribution >= 4 is 40.5 Å². The Balaban J connectivity index is 1.38. The normalized spacial score (nSPS) is 14.6. The number of pyridine rings is 1. The molecule has 1 saturated heterocycles. The van der Waals surface area contributed by atoms with E-state index in [1.165, 1.54) is 16.8 Å². The quantitative estimate of drug-likeness (QED) is 0.381. The first-order chi connectivity index (χ1) is 18.2. The van der Waals surface area contributed by atoms with Crippen LogP contribution in [0.3, 0.4) is 0 Å². The fourth-order valence-electron chi connectivity index (χ4n) is 4.37. The van der Waals surface area contributed by atoms with Crippen LogP contribution < -0.4 is 20.7 Å². The first-order valence-corrected chi connectivity index (χ1v) is 12.2. The molecule has 1 amide bonds. The molecule has 1 atom stereocenters. The van der Waals surface area contributed by atoms with Crippen molar-refractivity contribution in [3.05, 3.63) is 59.5 Å². The van der Waals surface area contributed by atoms with Gasteiger partial charge in [-0.05, 0) is 19.1 Å². The minimum Gasteiger partial charge on any atom is -0.494 e. The van der Waals surface area contributed by atoms with E-state index in [2.05, 4.69) is 25.2 Å². The Labute approximate surface area is 222 Å². The number of ether oxygens (including phenoxy) is 1. The van der Waals surface area contributed by atoms with Crippen molar-refractivity contribution in [1.82, 2.24) is 24.3 Å². The number of methoxy groups -OCH3 is 1. The molecule has 0 radical (unpaired) electrons. The van der Waals surface area contributed by atoms with E-state index in [0.717, 1.165) is 18.0 Å². The number of rotatable bonds is 6. The lowest BCUT2D eigenvalue weighted by Crippen LogP contribution is -2.52. The van der Waals surface area contributed by atoms with Crippen LogP contribution in [-0.2, 0) is 4.79 Å². The Hall–Kier alpha value is -4.03. The van der Waals surface area contributed by atoms with Crippen molar-refractivity contribution < 1.29 is 18.3 Å². The molecule has 38 heavy (non-hydrogen) atoms. The minimum atomic E-state index is -0.799. The van der Waals surface area contributed by atoms with Crippen LogP contribution >= 0.6 is 11.6 Å². The summed E-state index contributed by atoms with van der Waals surface area (Å²) >= 11 is 6.34. The smallest absolute Gasteiger partial charge is 0.239 e. The number of aromatic nitrogens is 4. The van der Waals surface area contributed by atoms with Crippen LogP contribution in [-0.4, -0.2) is 69.5 Å². The highest BCUT2D eigenvalue weighted by Crippen LogP contribution is 2.33. The summed E-state index contributed by atoms with van der Waals surface area (Å²) in [5.41, 5.74) is 7.77. The Morgan fingerprint density at radius 1 is 1.16 bits per heavy atom. The van der Waals surface area contributed by atoms with Crippen LogP contribution in [0.15, 0.2) is 42.9 Å². The van der Waals surface area contributed by atoms with E-state index in [1.54, 1.807) is 18.9 Å². The van der Waals surface area contributed by atoms with Crippen molar-refractivity contribution in [2.24, 2.45) is 5.73 Å². The molecule has 0 saturated carbocycles. The number of carbonyl (C=O) groups excluding carboxylic acids is 1. The van der Waals surface area contributed by atoms with E-state index >= 15 is 0 Å². The van der Waals surface area contributed by atoms with Gasteiger partial charge in [-0.1, -0.05) is 11.6 Å².